The Balaban J connectivity index is 2.18. The van der Waals surface area contributed by atoms with Gasteiger partial charge < -0.3 is 15.3 Å². The molecule has 1 heterocycles. The van der Waals surface area contributed by atoms with Crippen molar-refractivity contribution in [3.8, 4) is 0 Å². The number of likely N-dealkylation sites (N-methyl/N-ethyl adjacent to an activating group) is 1. The first-order valence-electron chi connectivity index (χ1n) is 5.71. The highest BCUT2D eigenvalue weighted by atomic mass is 16.3. The molecule has 1 aromatic rings. The minimum absolute atomic E-state index is 0.0438. The van der Waals surface area contributed by atoms with Crippen molar-refractivity contribution in [2.75, 3.05) is 23.8 Å². The lowest BCUT2D eigenvalue weighted by Crippen LogP contribution is -2.36. The minimum atomic E-state index is -0.734. The van der Waals surface area contributed by atoms with E-state index in [0.29, 0.717) is 13.0 Å². The number of benzene rings is 1. The Morgan fingerprint density at radius 2 is 2.18 bits per heavy atom. The maximum atomic E-state index is 11.2. The summed E-state index contributed by atoms with van der Waals surface area (Å²) in [7, 11) is 1.93. The van der Waals surface area contributed by atoms with Gasteiger partial charge in [0.15, 0.2) is 0 Å². The lowest BCUT2D eigenvalue weighted by Gasteiger charge is -2.27. The molecule has 0 spiro atoms. The van der Waals surface area contributed by atoms with Gasteiger partial charge in [-0.2, -0.15) is 0 Å². The van der Waals surface area contributed by atoms with E-state index in [-0.39, 0.29) is 5.91 Å². The number of nitrogens with zero attached hydrogens (tertiary/aromatic N) is 1. The van der Waals surface area contributed by atoms with Crippen LogP contribution in [-0.2, 0) is 11.2 Å². The van der Waals surface area contributed by atoms with Crippen LogP contribution in [0.2, 0.25) is 0 Å². The van der Waals surface area contributed by atoms with E-state index >= 15 is 0 Å². The van der Waals surface area contributed by atoms with E-state index in [1.54, 1.807) is 13.8 Å². The van der Waals surface area contributed by atoms with Crippen LogP contribution in [0.4, 0.5) is 11.4 Å². The lowest BCUT2D eigenvalue weighted by atomic mass is 10.1. The molecule has 0 aromatic heterocycles. The molecule has 0 fully saturated rings. The summed E-state index contributed by atoms with van der Waals surface area (Å²) in [6, 6.07) is 5.87. The maximum absolute atomic E-state index is 11.2. The summed E-state index contributed by atoms with van der Waals surface area (Å²) in [5, 5.41) is 12.6. The Labute approximate surface area is 101 Å². The summed E-state index contributed by atoms with van der Waals surface area (Å²) in [4.78, 5) is 13.2. The Morgan fingerprint density at radius 1 is 1.47 bits per heavy atom. The smallest absolute Gasteiger partial charge is 0.228 e. The molecule has 0 saturated carbocycles. The number of carbonyl (C=O) groups is 1. The molecular formula is C13H18N2O2. The van der Waals surface area contributed by atoms with E-state index in [2.05, 4.69) is 5.32 Å². The molecule has 0 aliphatic carbocycles. The lowest BCUT2D eigenvalue weighted by molar-refractivity contribution is -0.115. The van der Waals surface area contributed by atoms with Gasteiger partial charge in [-0.05, 0) is 37.6 Å². The van der Waals surface area contributed by atoms with Crippen molar-refractivity contribution >= 4 is 17.3 Å². The molecular weight excluding hydrogens is 216 g/mol. The first-order chi connectivity index (χ1) is 7.85. The summed E-state index contributed by atoms with van der Waals surface area (Å²) >= 11 is 0. The zero-order chi connectivity index (χ0) is 12.6. The van der Waals surface area contributed by atoms with Crippen LogP contribution in [0.25, 0.3) is 0 Å². The Bertz CT molecular complexity index is 449. The average molecular weight is 234 g/mol. The second kappa shape index (κ2) is 4.04. The number of hydrogen-bond acceptors (Lipinski definition) is 3. The van der Waals surface area contributed by atoms with Crippen LogP contribution in [0.5, 0.6) is 0 Å². The number of rotatable bonds is 3. The van der Waals surface area contributed by atoms with Gasteiger partial charge in [0.1, 0.15) is 0 Å². The van der Waals surface area contributed by atoms with E-state index in [0.717, 1.165) is 16.9 Å². The second-order valence-electron chi connectivity index (χ2n) is 5.23. The first-order valence-corrected chi connectivity index (χ1v) is 5.71. The van der Waals surface area contributed by atoms with Gasteiger partial charge in [-0.1, -0.05) is 0 Å². The van der Waals surface area contributed by atoms with Crippen molar-refractivity contribution in [2.24, 2.45) is 0 Å². The second-order valence-corrected chi connectivity index (χ2v) is 5.23. The van der Waals surface area contributed by atoms with Crippen LogP contribution in [0.1, 0.15) is 19.4 Å². The van der Waals surface area contributed by atoms with Crippen molar-refractivity contribution < 1.29 is 9.90 Å². The van der Waals surface area contributed by atoms with Crippen molar-refractivity contribution in [3.63, 3.8) is 0 Å². The predicted octanol–water partition coefficient (Wildman–Crippen LogP) is 1.39. The SMILES string of the molecule is CN(CC(C)(C)O)c1ccc2c(c1)CC(=O)N2. The van der Waals surface area contributed by atoms with E-state index < -0.39 is 5.60 Å². The number of hydrogen-bond donors (Lipinski definition) is 2. The fourth-order valence-corrected chi connectivity index (χ4v) is 2.12. The largest absolute Gasteiger partial charge is 0.389 e. The molecule has 1 aliphatic rings. The molecule has 0 atom stereocenters. The van der Waals surface area contributed by atoms with Gasteiger partial charge in [-0.25, -0.2) is 0 Å². The zero-order valence-electron chi connectivity index (χ0n) is 10.4. The molecule has 0 unspecified atom stereocenters. The summed E-state index contributed by atoms with van der Waals surface area (Å²) in [5.41, 5.74) is 2.20. The van der Waals surface area contributed by atoms with Crippen molar-refractivity contribution in [2.45, 2.75) is 25.9 Å². The average Bonchev–Trinajstić information content (AvgIpc) is 2.53. The topological polar surface area (TPSA) is 52.6 Å². The Kier molecular flexibility index (Phi) is 2.83. The molecule has 4 nitrogen and oxygen atoms in total. The molecule has 4 heteroatoms. The summed E-state index contributed by atoms with van der Waals surface area (Å²) in [6.45, 7) is 4.11. The van der Waals surface area contributed by atoms with E-state index in [9.17, 15) is 9.90 Å². The molecule has 0 saturated heterocycles. The molecule has 92 valence electrons. The maximum Gasteiger partial charge on any atom is 0.228 e. The van der Waals surface area contributed by atoms with Crippen molar-refractivity contribution in [1.82, 2.24) is 0 Å². The fraction of sp³-hybridized carbons (Fsp3) is 0.462. The molecule has 2 rings (SSSR count). The number of fused-ring (bicyclic) bond motifs is 1. The van der Waals surface area contributed by atoms with Crippen LogP contribution in [0.3, 0.4) is 0 Å². The molecule has 17 heavy (non-hydrogen) atoms. The summed E-state index contributed by atoms with van der Waals surface area (Å²) < 4.78 is 0. The van der Waals surface area contributed by atoms with Crippen LogP contribution in [0.15, 0.2) is 18.2 Å². The number of amides is 1. The van der Waals surface area contributed by atoms with Crippen LogP contribution >= 0.6 is 0 Å². The molecule has 0 radical (unpaired) electrons. The number of aliphatic hydroxyl groups is 1. The fourth-order valence-electron chi connectivity index (χ4n) is 2.12. The quantitative estimate of drug-likeness (QED) is 0.831. The number of nitrogens with one attached hydrogen (secondary N) is 1. The third-order valence-electron chi connectivity index (χ3n) is 2.78. The van der Waals surface area contributed by atoms with Gasteiger partial charge in [-0.3, -0.25) is 4.79 Å². The highest BCUT2D eigenvalue weighted by Gasteiger charge is 2.20. The van der Waals surface area contributed by atoms with E-state index in [4.69, 9.17) is 0 Å². The van der Waals surface area contributed by atoms with Gasteiger partial charge in [0.05, 0.1) is 12.0 Å². The third kappa shape index (κ3) is 2.77. The van der Waals surface area contributed by atoms with Crippen molar-refractivity contribution in [1.29, 1.82) is 0 Å². The molecule has 0 bridgehead atoms. The van der Waals surface area contributed by atoms with Gasteiger partial charge >= 0.3 is 0 Å². The monoisotopic (exact) mass is 234 g/mol. The zero-order valence-corrected chi connectivity index (χ0v) is 10.4. The van der Waals surface area contributed by atoms with Crippen LogP contribution in [0, 0.1) is 0 Å². The Hall–Kier alpha value is -1.55. The molecule has 2 N–H and O–H groups in total. The van der Waals surface area contributed by atoms with Crippen LogP contribution < -0.4 is 10.2 Å². The summed E-state index contributed by atoms with van der Waals surface area (Å²) in [5.74, 6) is 0.0438. The van der Waals surface area contributed by atoms with E-state index in [1.165, 1.54) is 0 Å². The van der Waals surface area contributed by atoms with Gasteiger partial charge in [0, 0.05) is 25.0 Å². The summed E-state index contributed by atoms with van der Waals surface area (Å²) in [6.07, 6.45) is 0.444. The van der Waals surface area contributed by atoms with E-state index in [1.807, 2.05) is 30.1 Å². The third-order valence-corrected chi connectivity index (χ3v) is 2.78. The highest BCUT2D eigenvalue weighted by molar-refractivity contribution is 5.99. The Morgan fingerprint density at radius 3 is 2.82 bits per heavy atom. The van der Waals surface area contributed by atoms with Gasteiger partial charge in [-0.15, -0.1) is 0 Å². The first kappa shape index (κ1) is 11.9. The normalized spacial score (nSPS) is 14.5. The number of anilines is 2. The van der Waals surface area contributed by atoms with Crippen LogP contribution in [-0.4, -0.2) is 30.2 Å². The van der Waals surface area contributed by atoms with Crippen molar-refractivity contribution in [3.05, 3.63) is 23.8 Å². The molecule has 1 aliphatic heterocycles. The molecule has 1 amide bonds. The number of carbonyl (C=O) groups excluding carboxylic acids is 1. The standard InChI is InChI=1S/C13H18N2O2/c1-13(2,17)8-15(3)10-4-5-11-9(6-10)7-12(16)14-11/h4-6,17H,7-8H2,1-3H3,(H,14,16). The van der Waals surface area contributed by atoms with Gasteiger partial charge in [0.25, 0.3) is 0 Å². The highest BCUT2D eigenvalue weighted by Crippen LogP contribution is 2.27. The minimum Gasteiger partial charge on any atom is -0.389 e. The van der Waals surface area contributed by atoms with Gasteiger partial charge in [0.2, 0.25) is 5.91 Å². The predicted molar refractivity (Wildman–Crippen MR) is 68.3 cm³/mol. The molecule has 1 aromatic carbocycles.